The van der Waals surface area contributed by atoms with Gasteiger partial charge in [0.25, 0.3) is 0 Å². The minimum absolute atomic E-state index is 0.376. The molecule has 1 amide bonds. The van der Waals surface area contributed by atoms with Gasteiger partial charge >= 0.3 is 6.09 Å². The molecule has 0 spiro atoms. The summed E-state index contributed by atoms with van der Waals surface area (Å²) in [7, 11) is 0. The van der Waals surface area contributed by atoms with Crippen LogP contribution in [-0.4, -0.2) is 40.7 Å². The summed E-state index contributed by atoms with van der Waals surface area (Å²) in [5.74, 6) is 0. The van der Waals surface area contributed by atoms with Gasteiger partial charge in [-0.2, -0.15) is 0 Å². The Balaban J connectivity index is 4.61. The number of hydrogen-bond acceptors (Lipinski definition) is 4. The van der Waals surface area contributed by atoms with Crippen LogP contribution >= 0.6 is 0 Å². The molecule has 5 nitrogen and oxygen atoms in total. The smallest absolute Gasteiger partial charge is 0.407 e. The van der Waals surface area contributed by atoms with Gasteiger partial charge in [-0.05, 0) is 26.2 Å². The highest BCUT2D eigenvalue weighted by Crippen LogP contribution is 2.22. The summed E-state index contributed by atoms with van der Waals surface area (Å²) in [5, 5.41) is 21.2. The van der Waals surface area contributed by atoms with Gasteiger partial charge in [0, 0.05) is 0 Å². The number of carbonyl (C=O) groups is 1. The van der Waals surface area contributed by atoms with E-state index in [-0.39, 0.29) is 5.41 Å². The molecular weight excluding hydrogens is 222 g/mol. The van der Waals surface area contributed by atoms with Crippen LogP contribution in [-0.2, 0) is 4.74 Å². The van der Waals surface area contributed by atoms with Crippen molar-refractivity contribution >= 4 is 6.09 Å². The van der Waals surface area contributed by atoms with Gasteiger partial charge in [0.1, 0.15) is 5.60 Å². The Morgan fingerprint density at radius 3 is 2.00 bits per heavy atom. The fourth-order valence-electron chi connectivity index (χ4n) is 1.43. The summed E-state index contributed by atoms with van der Waals surface area (Å²) in [6, 6.07) is -0.567. The molecule has 5 heteroatoms. The summed E-state index contributed by atoms with van der Waals surface area (Å²) in [5.41, 5.74) is -0.963. The predicted molar refractivity (Wildman–Crippen MR) is 65.7 cm³/mol. The van der Waals surface area contributed by atoms with E-state index >= 15 is 0 Å². The summed E-state index contributed by atoms with van der Waals surface area (Å²) >= 11 is 0. The maximum Gasteiger partial charge on any atom is 0.407 e. The molecule has 0 rings (SSSR count). The van der Waals surface area contributed by atoms with E-state index in [9.17, 15) is 9.90 Å². The standard InChI is InChI=1S/C12H25NO4/c1-11(2,3)9(8(15)7-14)13-10(16)17-12(4,5)6/h8-9,14-15H,7H2,1-6H3,(H,13,16). The lowest BCUT2D eigenvalue weighted by Crippen LogP contribution is -2.53. The van der Waals surface area contributed by atoms with Crippen LogP contribution in [0, 0.1) is 5.41 Å². The lowest BCUT2D eigenvalue weighted by Gasteiger charge is -2.34. The van der Waals surface area contributed by atoms with Crippen molar-refractivity contribution in [3.8, 4) is 0 Å². The molecule has 3 N–H and O–H groups in total. The average Bonchev–Trinajstić information content (AvgIpc) is 2.08. The number of rotatable bonds is 3. The fraction of sp³-hybridized carbons (Fsp3) is 0.917. The summed E-state index contributed by atoms with van der Waals surface area (Å²) in [6.45, 7) is 10.5. The number of amides is 1. The first-order chi connectivity index (χ1) is 7.47. The normalized spacial score (nSPS) is 16.2. The first-order valence-corrected chi connectivity index (χ1v) is 5.76. The van der Waals surface area contributed by atoms with Gasteiger partial charge in [-0.1, -0.05) is 20.8 Å². The summed E-state index contributed by atoms with van der Waals surface area (Å²) in [4.78, 5) is 11.6. The molecule has 0 saturated carbocycles. The van der Waals surface area contributed by atoms with Crippen LogP contribution in [0.4, 0.5) is 4.79 Å². The third-order valence-corrected chi connectivity index (χ3v) is 2.18. The van der Waals surface area contributed by atoms with Gasteiger partial charge < -0.3 is 20.3 Å². The molecule has 0 aromatic carbocycles. The van der Waals surface area contributed by atoms with Crippen LogP contribution < -0.4 is 5.32 Å². The van der Waals surface area contributed by atoms with Gasteiger partial charge in [-0.3, -0.25) is 0 Å². The molecule has 2 atom stereocenters. The molecule has 2 unspecified atom stereocenters. The summed E-state index contributed by atoms with van der Waals surface area (Å²) < 4.78 is 5.12. The van der Waals surface area contributed by atoms with Gasteiger partial charge in [0.05, 0.1) is 18.8 Å². The fourth-order valence-corrected chi connectivity index (χ4v) is 1.43. The third kappa shape index (κ3) is 6.48. The Hall–Kier alpha value is -0.810. The molecule has 0 aliphatic carbocycles. The third-order valence-electron chi connectivity index (χ3n) is 2.18. The van der Waals surface area contributed by atoms with Crippen molar-refractivity contribution < 1.29 is 19.7 Å². The van der Waals surface area contributed by atoms with Gasteiger partial charge in [-0.15, -0.1) is 0 Å². The molecule has 17 heavy (non-hydrogen) atoms. The Morgan fingerprint density at radius 2 is 1.71 bits per heavy atom. The van der Waals surface area contributed by atoms with Crippen molar-refractivity contribution in [2.24, 2.45) is 5.41 Å². The lowest BCUT2D eigenvalue weighted by molar-refractivity contribution is 0.00875. The van der Waals surface area contributed by atoms with Crippen molar-refractivity contribution in [3.05, 3.63) is 0 Å². The van der Waals surface area contributed by atoms with E-state index in [4.69, 9.17) is 9.84 Å². The number of aliphatic hydroxyl groups is 2. The lowest BCUT2D eigenvalue weighted by atomic mass is 9.83. The van der Waals surface area contributed by atoms with E-state index in [0.717, 1.165) is 0 Å². The second kappa shape index (κ2) is 5.69. The monoisotopic (exact) mass is 247 g/mol. The van der Waals surface area contributed by atoms with Crippen molar-refractivity contribution in [2.75, 3.05) is 6.61 Å². The van der Waals surface area contributed by atoms with E-state index in [1.165, 1.54) is 0 Å². The molecular formula is C12H25NO4. The molecule has 0 radical (unpaired) electrons. The Kier molecular flexibility index (Phi) is 5.42. The van der Waals surface area contributed by atoms with Crippen LogP contribution in [0.5, 0.6) is 0 Å². The second-order valence-corrected chi connectivity index (χ2v) is 6.24. The van der Waals surface area contributed by atoms with Crippen molar-refractivity contribution in [1.29, 1.82) is 0 Å². The molecule has 0 saturated heterocycles. The molecule has 0 fully saturated rings. The highest BCUT2D eigenvalue weighted by atomic mass is 16.6. The summed E-state index contributed by atoms with van der Waals surface area (Å²) in [6.07, 6.45) is -1.60. The molecule has 0 aromatic rings. The molecule has 0 aliphatic heterocycles. The van der Waals surface area contributed by atoms with Crippen LogP contribution in [0.2, 0.25) is 0 Å². The zero-order valence-corrected chi connectivity index (χ0v) is 11.6. The highest BCUT2D eigenvalue weighted by Gasteiger charge is 2.33. The van der Waals surface area contributed by atoms with Gasteiger partial charge in [-0.25, -0.2) is 4.79 Å². The Labute approximate surface area is 103 Å². The maximum atomic E-state index is 11.6. The minimum atomic E-state index is -1.01. The number of carbonyl (C=O) groups excluding carboxylic acids is 1. The molecule has 0 aliphatic rings. The van der Waals surface area contributed by atoms with E-state index in [2.05, 4.69) is 5.32 Å². The number of ether oxygens (including phenoxy) is 1. The molecule has 0 heterocycles. The second-order valence-electron chi connectivity index (χ2n) is 6.24. The SMILES string of the molecule is CC(C)(C)OC(=O)NC(C(O)CO)C(C)(C)C. The average molecular weight is 247 g/mol. The first-order valence-electron chi connectivity index (χ1n) is 5.76. The quantitative estimate of drug-likeness (QED) is 0.702. The zero-order chi connectivity index (χ0) is 13.9. The number of hydrogen-bond donors (Lipinski definition) is 3. The zero-order valence-electron chi connectivity index (χ0n) is 11.6. The molecule has 0 bridgehead atoms. The van der Waals surface area contributed by atoms with E-state index in [0.29, 0.717) is 0 Å². The van der Waals surface area contributed by atoms with Crippen LogP contribution in [0.15, 0.2) is 0 Å². The minimum Gasteiger partial charge on any atom is -0.444 e. The number of alkyl carbamates (subject to hydrolysis) is 1. The molecule has 0 aromatic heterocycles. The predicted octanol–water partition coefficient (Wildman–Crippen LogP) is 1.28. The van der Waals surface area contributed by atoms with E-state index in [1.54, 1.807) is 20.8 Å². The number of aliphatic hydroxyl groups excluding tert-OH is 2. The largest absolute Gasteiger partial charge is 0.444 e. The van der Waals surface area contributed by atoms with Crippen molar-refractivity contribution in [2.45, 2.75) is 59.3 Å². The van der Waals surface area contributed by atoms with Gasteiger partial charge in [0.2, 0.25) is 0 Å². The Morgan fingerprint density at radius 1 is 1.24 bits per heavy atom. The topological polar surface area (TPSA) is 78.8 Å². The van der Waals surface area contributed by atoms with Crippen molar-refractivity contribution in [1.82, 2.24) is 5.32 Å². The first kappa shape index (κ1) is 16.2. The van der Waals surface area contributed by atoms with Crippen molar-refractivity contribution in [3.63, 3.8) is 0 Å². The maximum absolute atomic E-state index is 11.6. The van der Waals surface area contributed by atoms with Crippen LogP contribution in [0.3, 0.4) is 0 Å². The highest BCUT2D eigenvalue weighted by molar-refractivity contribution is 5.68. The molecule has 102 valence electrons. The van der Waals surface area contributed by atoms with Crippen LogP contribution in [0.1, 0.15) is 41.5 Å². The number of nitrogens with one attached hydrogen (secondary N) is 1. The van der Waals surface area contributed by atoms with E-state index in [1.807, 2.05) is 20.8 Å². The Bertz CT molecular complexity index is 252. The van der Waals surface area contributed by atoms with Gasteiger partial charge in [0.15, 0.2) is 0 Å². The van der Waals surface area contributed by atoms with Crippen LogP contribution in [0.25, 0.3) is 0 Å². The van der Waals surface area contributed by atoms with E-state index < -0.39 is 30.4 Å².